The number of thiazole rings is 1. The number of benzene rings is 1. The van der Waals surface area contributed by atoms with E-state index in [2.05, 4.69) is 22.5 Å². The highest BCUT2D eigenvalue weighted by Crippen LogP contribution is 2.26. The van der Waals surface area contributed by atoms with Crippen LogP contribution in [-0.2, 0) is 20.7 Å². The molecule has 3 heterocycles. The van der Waals surface area contributed by atoms with Crippen LogP contribution in [0.1, 0.15) is 23.4 Å². The Labute approximate surface area is 157 Å². The zero-order chi connectivity index (χ0) is 17.9. The Hall–Kier alpha value is -1.76. The van der Waals surface area contributed by atoms with Crippen LogP contribution >= 0.6 is 11.3 Å². The highest BCUT2D eigenvalue weighted by Gasteiger charge is 2.32. The second-order valence-electron chi connectivity index (χ2n) is 6.98. The first-order chi connectivity index (χ1) is 12.7. The number of piperidine rings is 1. The number of nitrogens with zero attached hydrogens (tertiary/aromatic N) is 2. The second-order valence-corrected chi connectivity index (χ2v) is 8.04. The second kappa shape index (κ2) is 7.86. The first kappa shape index (κ1) is 17.6. The van der Waals surface area contributed by atoms with E-state index in [1.807, 2.05) is 24.0 Å². The summed E-state index contributed by atoms with van der Waals surface area (Å²) in [5.41, 5.74) is 3.14. The summed E-state index contributed by atoms with van der Waals surface area (Å²) >= 11 is 1.65. The third-order valence-electron chi connectivity index (χ3n) is 5.07. The highest BCUT2D eigenvalue weighted by molar-refractivity contribution is 7.09. The molecule has 2 aliphatic heterocycles. The van der Waals surface area contributed by atoms with Crippen molar-refractivity contribution in [2.45, 2.75) is 32.5 Å². The van der Waals surface area contributed by atoms with Crippen molar-refractivity contribution >= 4 is 17.2 Å². The van der Waals surface area contributed by atoms with Gasteiger partial charge in [-0.2, -0.15) is 0 Å². The molecule has 1 atom stereocenters. The maximum atomic E-state index is 12.7. The first-order valence-corrected chi connectivity index (χ1v) is 10.1. The van der Waals surface area contributed by atoms with Gasteiger partial charge in [-0.15, -0.1) is 11.3 Å². The fourth-order valence-corrected chi connectivity index (χ4v) is 4.31. The third kappa shape index (κ3) is 3.98. The lowest BCUT2D eigenvalue weighted by Gasteiger charge is -2.34. The number of aryl methyl sites for hydroxylation is 1. The maximum Gasteiger partial charge on any atom is 0.227 e. The molecule has 0 spiro atoms. The van der Waals surface area contributed by atoms with Gasteiger partial charge in [-0.3, -0.25) is 4.79 Å². The smallest absolute Gasteiger partial charge is 0.227 e. The number of amides is 1. The minimum Gasteiger partial charge on any atom is -0.350 e. The van der Waals surface area contributed by atoms with Crippen LogP contribution in [0.5, 0.6) is 0 Å². The van der Waals surface area contributed by atoms with E-state index < -0.39 is 0 Å². The summed E-state index contributed by atoms with van der Waals surface area (Å²) in [5.74, 6) is 0.482. The number of hydrogen-bond donors (Lipinski definition) is 0. The van der Waals surface area contributed by atoms with E-state index in [1.165, 1.54) is 0 Å². The van der Waals surface area contributed by atoms with Gasteiger partial charge < -0.3 is 14.4 Å². The van der Waals surface area contributed by atoms with Crippen LogP contribution in [-0.4, -0.2) is 48.4 Å². The molecule has 2 aliphatic rings. The maximum absolute atomic E-state index is 12.7. The average Bonchev–Trinajstić information content (AvgIpc) is 3.34. The van der Waals surface area contributed by atoms with E-state index in [4.69, 9.17) is 9.47 Å². The topological polar surface area (TPSA) is 51.7 Å². The molecule has 138 valence electrons. The summed E-state index contributed by atoms with van der Waals surface area (Å²) in [7, 11) is 0. The summed E-state index contributed by atoms with van der Waals surface area (Å²) in [4.78, 5) is 19.2. The van der Waals surface area contributed by atoms with Crippen molar-refractivity contribution in [2.24, 2.45) is 5.92 Å². The molecule has 2 fully saturated rings. The van der Waals surface area contributed by atoms with E-state index in [9.17, 15) is 4.79 Å². The largest absolute Gasteiger partial charge is 0.350 e. The molecule has 0 N–H and O–H groups in total. The minimum atomic E-state index is -0.133. The minimum absolute atomic E-state index is 0.133. The lowest BCUT2D eigenvalue weighted by Crippen LogP contribution is -2.44. The van der Waals surface area contributed by atoms with E-state index in [-0.39, 0.29) is 12.2 Å². The molecule has 0 saturated carbocycles. The van der Waals surface area contributed by atoms with Gasteiger partial charge in [0, 0.05) is 30.0 Å². The summed E-state index contributed by atoms with van der Waals surface area (Å²) in [6.07, 6.45) is 2.39. The monoisotopic (exact) mass is 372 g/mol. The van der Waals surface area contributed by atoms with Gasteiger partial charge >= 0.3 is 0 Å². The Morgan fingerprint density at radius 3 is 2.73 bits per heavy atom. The van der Waals surface area contributed by atoms with Gasteiger partial charge in [0.05, 0.1) is 30.3 Å². The number of rotatable bonds is 4. The number of hydrogen-bond acceptors (Lipinski definition) is 5. The van der Waals surface area contributed by atoms with Gasteiger partial charge in [0.2, 0.25) is 5.91 Å². The number of aromatic nitrogens is 1. The molecular weight excluding hydrogens is 348 g/mol. The lowest BCUT2D eigenvalue weighted by atomic mass is 9.96. The number of ether oxygens (including phenoxy) is 2. The Morgan fingerprint density at radius 1 is 1.27 bits per heavy atom. The van der Waals surface area contributed by atoms with Gasteiger partial charge in [-0.25, -0.2) is 4.98 Å². The lowest BCUT2D eigenvalue weighted by molar-refractivity contribution is -0.138. The molecule has 1 aromatic heterocycles. The Kier molecular flexibility index (Phi) is 5.33. The van der Waals surface area contributed by atoms with E-state index in [1.54, 1.807) is 11.3 Å². The van der Waals surface area contributed by atoms with Crippen LogP contribution < -0.4 is 0 Å². The fraction of sp³-hybridized carbons (Fsp3) is 0.500. The van der Waals surface area contributed by atoms with E-state index >= 15 is 0 Å². The van der Waals surface area contributed by atoms with E-state index in [0.717, 1.165) is 47.8 Å². The summed E-state index contributed by atoms with van der Waals surface area (Å²) < 4.78 is 11.3. The van der Waals surface area contributed by atoms with Crippen molar-refractivity contribution in [1.82, 2.24) is 9.88 Å². The SMILES string of the molecule is Cc1nc(-c2ccc(CC(=O)N3CCCC(C4OCCO4)C3)cc2)cs1. The average molecular weight is 372 g/mol. The summed E-state index contributed by atoms with van der Waals surface area (Å²) in [5, 5.41) is 3.13. The molecule has 26 heavy (non-hydrogen) atoms. The number of carbonyl (C=O) groups excluding carboxylic acids is 1. The Bertz CT molecular complexity index is 753. The van der Waals surface area contributed by atoms with Crippen LogP contribution in [0.4, 0.5) is 0 Å². The molecule has 1 unspecified atom stereocenters. The molecule has 5 nitrogen and oxygen atoms in total. The van der Waals surface area contributed by atoms with Crippen LogP contribution in [0, 0.1) is 12.8 Å². The van der Waals surface area contributed by atoms with Gasteiger partial charge in [0.25, 0.3) is 0 Å². The number of carbonyl (C=O) groups is 1. The zero-order valence-corrected chi connectivity index (χ0v) is 15.8. The van der Waals surface area contributed by atoms with Gasteiger partial charge in [0.15, 0.2) is 6.29 Å². The van der Waals surface area contributed by atoms with Crippen LogP contribution in [0.2, 0.25) is 0 Å². The standard InChI is InChI=1S/C20H24N2O3S/c1-14-21-18(13-26-14)16-6-4-15(5-7-16)11-19(23)22-8-2-3-17(12-22)20-24-9-10-25-20/h4-7,13,17,20H,2-3,8-12H2,1H3. The fourth-order valence-electron chi connectivity index (χ4n) is 3.68. The third-order valence-corrected chi connectivity index (χ3v) is 5.84. The molecule has 4 rings (SSSR count). The van der Waals surface area contributed by atoms with Gasteiger partial charge in [0.1, 0.15) is 0 Å². The molecule has 2 aromatic rings. The molecule has 1 amide bonds. The van der Waals surface area contributed by atoms with Crippen molar-refractivity contribution in [2.75, 3.05) is 26.3 Å². The predicted octanol–water partition coefficient (Wildman–Crippen LogP) is 3.27. The molecule has 2 saturated heterocycles. The highest BCUT2D eigenvalue weighted by atomic mass is 32.1. The van der Waals surface area contributed by atoms with Crippen molar-refractivity contribution in [1.29, 1.82) is 0 Å². The summed E-state index contributed by atoms with van der Waals surface area (Å²) in [6, 6.07) is 8.17. The van der Waals surface area contributed by atoms with Crippen LogP contribution in [0.15, 0.2) is 29.6 Å². The number of likely N-dealkylation sites (tertiary alicyclic amines) is 1. The van der Waals surface area contributed by atoms with Crippen molar-refractivity contribution in [3.05, 3.63) is 40.2 Å². The zero-order valence-electron chi connectivity index (χ0n) is 15.0. The Morgan fingerprint density at radius 2 is 2.04 bits per heavy atom. The van der Waals surface area contributed by atoms with Crippen molar-refractivity contribution < 1.29 is 14.3 Å². The molecule has 1 aromatic carbocycles. The molecular formula is C20H24N2O3S. The van der Waals surface area contributed by atoms with Gasteiger partial charge in [-0.1, -0.05) is 24.3 Å². The van der Waals surface area contributed by atoms with Crippen LogP contribution in [0.3, 0.4) is 0 Å². The quantitative estimate of drug-likeness (QED) is 0.827. The van der Waals surface area contributed by atoms with E-state index in [0.29, 0.717) is 25.6 Å². The first-order valence-electron chi connectivity index (χ1n) is 9.21. The molecule has 0 aliphatic carbocycles. The normalized spacial score (nSPS) is 21.3. The predicted molar refractivity (Wildman–Crippen MR) is 101 cm³/mol. The Balaban J connectivity index is 1.36. The van der Waals surface area contributed by atoms with Crippen molar-refractivity contribution in [3.63, 3.8) is 0 Å². The van der Waals surface area contributed by atoms with Gasteiger partial charge in [-0.05, 0) is 25.3 Å². The summed E-state index contributed by atoms with van der Waals surface area (Å²) in [6.45, 7) is 4.91. The van der Waals surface area contributed by atoms with Crippen molar-refractivity contribution in [3.8, 4) is 11.3 Å². The molecule has 6 heteroatoms. The molecule has 0 radical (unpaired) electrons. The van der Waals surface area contributed by atoms with Crippen LogP contribution in [0.25, 0.3) is 11.3 Å². The molecule has 0 bridgehead atoms.